The predicted molar refractivity (Wildman–Crippen MR) is 51.2 cm³/mol. The summed E-state index contributed by atoms with van der Waals surface area (Å²) in [6, 6.07) is 1.57. The number of rotatable bonds is 0. The van der Waals surface area contributed by atoms with E-state index in [4.69, 9.17) is 23.2 Å². The van der Waals surface area contributed by atoms with Crippen molar-refractivity contribution in [2.45, 2.75) is 0 Å². The third-order valence-corrected chi connectivity index (χ3v) is 1.81. The molecule has 0 aliphatic rings. The first-order valence-electron chi connectivity index (χ1n) is 2.92. The van der Waals surface area contributed by atoms with Crippen LogP contribution in [0.25, 0.3) is 11.2 Å². The molecule has 0 atom stereocenters. The first-order chi connectivity index (χ1) is 5.27. The lowest BCUT2D eigenvalue weighted by Gasteiger charge is -1.91. The minimum Gasteiger partial charge on any atom is -0.342 e. The van der Waals surface area contributed by atoms with Gasteiger partial charge in [-0.05, 0) is 6.07 Å². The number of H-pyrrole nitrogens is 1. The van der Waals surface area contributed by atoms with Crippen LogP contribution in [0, 0.1) is 0 Å². The fourth-order valence-corrected chi connectivity index (χ4v) is 1.35. The molecule has 0 aliphatic heterocycles. The average molecular weight is 224 g/mol. The maximum atomic E-state index is 5.81. The van der Waals surface area contributed by atoms with Gasteiger partial charge in [-0.2, -0.15) is 0 Å². The van der Waals surface area contributed by atoms with E-state index in [-0.39, 0.29) is 12.4 Å². The lowest BCUT2D eigenvalue weighted by molar-refractivity contribution is 1.30. The highest BCUT2D eigenvalue weighted by Gasteiger charge is 2.03. The maximum absolute atomic E-state index is 5.81. The Kier molecular flexibility index (Phi) is 2.77. The van der Waals surface area contributed by atoms with Crippen LogP contribution in [0.4, 0.5) is 0 Å². The summed E-state index contributed by atoms with van der Waals surface area (Å²) in [4.78, 5) is 10.7. The number of nitrogens with one attached hydrogen (secondary N) is 1. The number of pyridine rings is 1. The molecule has 0 unspecified atom stereocenters. The zero-order chi connectivity index (χ0) is 7.84. The summed E-state index contributed by atoms with van der Waals surface area (Å²) in [6.07, 6.45) is 1.53. The van der Waals surface area contributed by atoms with Gasteiger partial charge in [-0.25, -0.2) is 9.97 Å². The van der Waals surface area contributed by atoms with Gasteiger partial charge in [-0.15, -0.1) is 12.4 Å². The first kappa shape index (κ1) is 9.58. The van der Waals surface area contributed by atoms with Crippen LogP contribution in [0.15, 0.2) is 12.4 Å². The first-order valence-corrected chi connectivity index (χ1v) is 3.68. The van der Waals surface area contributed by atoms with Gasteiger partial charge in [0, 0.05) is 0 Å². The Bertz CT molecular complexity index is 398. The van der Waals surface area contributed by atoms with Crippen molar-refractivity contribution in [2.24, 2.45) is 0 Å². The summed E-state index contributed by atoms with van der Waals surface area (Å²) in [5, 5.41) is 0.895. The smallest absolute Gasteiger partial charge is 0.180 e. The van der Waals surface area contributed by atoms with Crippen LogP contribution < -0.4 is 0 Å². The van der Waals surface area contributed by atoms with Crippen LogP contribution in [0.2, 0.25) is 10.2 Å². The van der Waals surface area contributed by atoms with Crippen molar-refractivity contribution in [1.82, 2.24) is 15.0 Å². The number of nitrogens with zero attached hydrogens (tertiary/aromatic N) is 2. The van der Waals surface area contributed by atoms with Gasteiger partial charge in [0.05, 0.1) is 11.3 Å². The average Bonchev–Trinajstić information content (AvgIpc) is 2.34. The van der Waals surface area contributed by atoms with Gasteiger partial charge in [0.15, 0.2) is 5.65 Å². The lowest BCUT2D eigenvalue weighted by atomic mass is 10.4. The maximum Gasteiger partial charge on any atom is 0.180 e. The molecule has 0 saturated carbocycles. The van der Waals surface area contributed by atoms with E-state index in [1.165, 1.54) is 6.33 Å². The molecule has 0 saturated heterocycles. The SMILES string of the molecule is Cl.Clc1cc(Cl)c2[nH]cnc2n1. The standard InChI is InChI=1S/C6H3Cl2N3.ClH/c7-3-1-4(8)11-6-5(3)9-2-10-6;/h1-2H,(H,9,10,11);1H. The summed E-state index contributed by atoms with van der Waals surface area (Å²) in [6.45, 7) is 0. The lowest BCUT2D eigenvalue weighted by Crippen LogP contribution is -1.78. The third kappa shape index (κ3) is 1.48. The molecule has 0 radical (unpaired) electrons. The highest BCUT2D eigenvalue weighted by Crippen LogP contribution is 2.21. The molecule has 2 aromatic rings. The molecule has 0 amide bonds. The Hall–Kier alpha value is -0.510. The Morgan fingerprint density at radius 2 is 2.08 bits per heavy atom. The second kappa shape index (κ2) is 3.47. The Balaban J connectivity index is 0.000000720. The predicted octanol–water partition coefficient (Wildman–Crippen LogP) is 2.69. The van der Waals surface area contributed by atoms with Crippen molar-refractivity contribution in [1.29, 1.82) is 0 Å². The van der Waals surface area contributed by atoms with Crippen LogP contribution in [0.1, 0.15) is 0 Å². The number of halogens is 3. The molecule has 2 rings (SSSR count). The number of aromatic nitrogens is 3. The topological polar surface area (TPSA) is 41.6 Å². The van der Waals surface area contributed by atoms with Gasteiger partial charge in [0.25, 0.3) is 0 Å². The molecule has 0 fully saturated rings. The zero-order valence-electron chi connectivity index (χ0n) is 5.71. The monoisotopic (exact) mass is 223 g/mol. The van der Waals surface area contributed by atoms with E-state index in [9.17, 15) is 0 Å². The van der Waals surface area contributed by atoms with E-state index in [0.29, 0.717) is 15.8 Å². The summed E-state index contributed by atoms with van der Waals surface area (Å²) >= 11 is 11.4. The Morgan fingerprint density at radius 1 is 1.33 bits per heavy atom. The van der Waals surface area contributed by atoms with E-state index in [2.05, 4.69) is 15.0 Å². The molecule has 2 heterocycles. The van der Waals surface area contributed by atoms with Gasteiger partial charge in [0.1, 0.15) is 10.7 Å². The molecule has 0 aromatic carbocycles. The van der Waals surface area contributed by atoms with E-state index in [1.807, 2.05) is 0 Å². The van der Waals surface area contributed by atoms with Gasteiger partial charge >= 0.3 is 0 Å². The molecular formula is C6H4Cl3N3. The normalized spacial score (nSPS) is 9.83. The van der Waals surface area contributed by atoms with Gasteiger partial charge in [-0.1, -0.05) is 23.2 Å². The summed E-state index contributed by atoms with van der Waals surface area (Å²) in [5.74, 6) is 0. The third-order valence-electron chi connectivity index (χ3n) is 1.32. The minimum absolute atomic E-state index is 0. The Labute approximate surface area is 84.5 Å². The molecule has 3 nitrogen and oxygen atoms in total. The second-order valence-electron chi connectivity index (χ2n) is 2.03. The molecule has 0 aliphatic carbocycles. The highest BCUT2D eigenvalue weighted by molar-refractivity contribution is 6.37. The fraction of sp³-hybridized carbons (Fsp3) is 0. The number of imidazole rings is 1. The van der Waals surface area contributed by atoms with Crippen molar-refractivity contribution < 1.29 is 0 Å². The van der Waals surface area contributed by atoms with Crippen molar-refractivity contribution in [3.8, 4) is 0 Å². The molecule has 6 heteroatoms. The number of fused-ring (bicyclic) bond motifs is 1. The summed E-state index contributed by atoms with van der Waals surface area (Å²) in [5.41, 5.74) is 1.26. The number of aromatic amines is 1. The fourth-order valence-electron chi connectivity index (χ4n) is 0.858. The van der Waals surface area contributed by atoms with Crippen molar-refractivity contribution in [3.63, 3.8) is 0 Å². The van der Waals surface area contributed by atoms with Crippen molar-refractivity contribution in [3.05, 3.63) is 22.6 Å². The van der Waals surface area contributed by atoms with E-state index in [0.717, 1.165) is 5.52 Å². The molecular weight excluding hydrogens is 220 g/mol. The van der Waals surface area contributed by atoms with Crippen molar-refractivity contribution in [2.75, 3.05) is 0 Å². The molecule has 64 valence electrons. The van der Waals surface area contributed by atoms with E-state index >= 15 is 0 Å². The van der Waals surface area contributed by atoms with Crippen LogP contribution >= 0.6 is 35.6 Å². The molecule has 0 spiro atoms. The molecule has 12 heavy (non-hydrogen) atoms. The summed E-state index contributed by atoms with van der Waals surface area (Å²) in [7, 11) is 0. The number of hydrogen-bond donors (Lipinski definition) is 1. The van der Waals surface area contributed by atoms with Crippen LogP contribution in [0.5, 0.6) is 0 Å². The van der Waals surface area contributed by atoms with E-state index < -0.39 is 0 Å². The van der Waals surface area contributed by atoms with Crippen LogP contribution in [-0.2, 0) is 0 Å². The molecule has 0 bridgehead atoms. The van der Waals surface area contributed by atoms with E-state index in [1.54, 1.807) is 6.07 Å². The quantitative estimate of drug-likeness (QED) is 0.699. The van der Waals surface area contributed by atoms with Gasteiger partial charge in [-0.3, -0.25) is 0 Å². The van der Waals surface area contributed by atoms with Crippen molar-refractivity contribution >= 4 is 46.8 Å². The molecule has 2 aromatic heterocycles. The molecule has 1 N–H and O–H groups in total. The van der Waals surface area contributed by atoms with Crippen LogP contribution in [-0.4, -0.2) is 15.0 Å². The minimum atomic E-state index is 0. The van der Waals surface area contributed by atoms with Gasteiger partial charge in [0.2, 0.25) is 0 Å². The van der Waals surface area contributed by atoms with Crippen LogP contribution in [0.3, 0.4) is 0 Å². The number of hydrogen-bond acceptors (Lipinski definition) is 2. The van der Waals surface area contributed by atoms with Gasteiger partial charge < -0.3 is 4.98 Å². The Morgan fingerprint density at radius 3 is 2.83 bits per heavy atom. The highest BCUT2D eigenvalue weighted by atomic mass is 35.5. The summed E-state index contributed by atoms with van der Waals surface area (Å²) < 4.78 is 0. The largest absolute Gasteiger partial charge is 0.342 e. The zero-order valence-corrected chi connectivity index (χ0v) is 8.04. The second-order valence-corrected chi connectivity index (χ2v) is 2.82.